The monoisotopic (exact) mass is 404 g/mol. The first-order valence-electron chi connectivity index (χ1n) is 9.99. The summed E-state index contributed by atoms with van der Waals surface area (Å²) in [5, 5.41) is 0.709. The molecule has 5 nitrogen and oxygen atoms in total. The molecule has 0 unspecified atom stereocenters. The summed E-state index contributed by atoms with van der Waals surface area (Å²) < 4.78 is 2.30. The second-order valence-corrected chi connectivity index (χ2v) is 9.07. The van der Waals surface area contributed by atoms with Gasteiger partial charge in [0.1, 0.15) is 10.7 Å². The van der Waals surface area contributed by atoms with Gasteiger partial charge in [-0.25, -0.2) is 4.98 Å². The summed E-state index contributed by atoms with van der Waals surface area (Å²) in [6.45, 7) is 8.92. The third kappa shape index (κ3) is 3.12. The minimum Gasteiger partial charge on any atom is -0.349 e. The fourth-order valence-corrected chi connectivity index (χ4v) is 5.41. The van der Waals surface area contributed by atoms with Crippen molar-refractivity contribution in [3.63, 3.8) is 0 Å². The number of H-pyrrole nitrogens is 1. The number of nitrogens with one attached hydrogen (secondary N) is 1. The fourth-order valence-electron chi connectivity index (χ4n) is 4.34. The van der Waals surface area contributed by atoms with Crippen LogP contribution in [0.3, 0.4) is 0 Å². The van der Waals surface area contributed by atoms with Crippen LogP contribution in [-0.2, 0) is 13.1 Å². The summed E-state index contributed by atoms with van der Waals surface area (Å²) in [5.41, 5.74) is 4.56. The average Bonchev–Trinajstić information content (AvgIpc) is 3.29. The first-order valence-corrected chi connectivity index (χ1v) is 10.8. The molecule has 5 rings (SSSR count). The predicted octanol–water partition coefficient (Wildman–Crippen LogP) is 4.65. The molecular weight excluding hydrogens is 380 g/mol. The summed E-state index contributed by atoms with van der Waals surface area (Å²) in [4.78, 5) is 25.3. The number of hydrogen-bond acceptors (Lipinski definition) is 4. The smallest absolute Gasteiger partial charge is 0.260 e. The molecule has 0 saturated heterocycles. The van der Waals surface area contributed by atoms with Crippen molar-refractivity contribution in [3.05, 3.63) is 74.9 Å². The van der Waals surface area contributed by atoms with Crippen LogP contribution in [0.15, 0.2) is 47.4 Å². The SMILES string of the molecule is Cc1ccc(-c2c(C)sc3nc(CN4CCn5cccc5[C@H]4C)[nH]c(=O)c23)cc1. The Morgan fingerprint density at radius 2 is 1.97 bits per heavy atom. The number of aromatic amines is 1. The van der Waals surface area contributed by atoms with Gasteiger partial charge in [0.15, 0.2) is 0 Å². The average molecular weight is 405 g/mol. The molecule has 148 valence electrons. The molecule has 6 heteroatoms. The largest absolute Gasteiger partial charge is 0.349 e. The van der Waals surface area contributed by atoms with E-state index in [-0.39, 0.29) is 5.56 Å². The molecule has 1 aliphatic heterocycles. The molecule has 1 aromatic carbocycles. The van der Waals surface area contributed by atoms with Crippen LogP contribution in [0.1, 0.15) is 34.9 Å². The normalized spacial score (nSPS) is 17.0. The van der Waals surface area contributed by atoms with E-state index in [1.165, 1.54) is 11.3 Å². The molecule has 0 saturated carbocycles. The summed E-state index contributed by atoms with van der Waals surface area (Å²) in [5.74, 6) is 0.742. The quantitative estimate of drug-likeness (QED) is 0.541. The van der Waals surface area contributed by atoms with Gasteiger partial charge in [-0.3, -0.25) is 9.69 Å². The molecule has 1 N–H and O–H groups in total. The second-order valence-electron chi connectivity index (χ2n) is 7.86. The Kier molecular flexibility index (Phi) is 4.41. The van der Waals surface area contributed by atoms with E-state index in [9.17, 15) is 4.79 Å². The molecule has 0 radical (unpaired) electrons. The van der Waals surface area contributed by atoms with Crippen molar-refractivity contribution >= 4 is 21.6 Å². The highest BCUT2D eigenvalue weighted by molar-refractivity contribution is 7.19. The van der Waals surface area contributed by atoms with E-state index < -0.39 is 0 Å². The van der Waals surface area contributed by atoms with E-state index >= 15 is 0 Å². The van der Waals surface area contributed by atoms with Gasteiger partial charge < -0.3 is 9.55 Å². The third-order valence-corrected chi connectivity index (χ3v) is 6.95. The number of thiophene rings is 1. The number of hydrogen-bond donors (Lipinski definition) is 1. The number of nitrogens with zero attached hydrogens (tertiary/aromatic N) is 3. The minimum atomic E-state index is -0.0436. The maximum absolute atomic E-state index is 13.0. The maximum atomic E-state index is 13.0. The molecule has 0 spiro atoms. The molecule has 0 bridgehead atoms. The van der Waals surface area contributed by atoms with E-state index in [2.05, 4.69) is 77.8 Å². The zero-order valence-corrected chi connectivity index (χ0v) is 17.7. The van der Waals surface area contributed by atoms with Gasteiger partial charge in [-0.1, -0.05) is 29.8 Å². The highest BCUT2D eigenvalue weighted by Gasteiger charge is 2.25. The zero-order valence-electron chi connectivity index (χ0n) is 16.9. The van der Waals surface area contributed by atoms with E-state index in [0.717, 1.165) is 39.7 Å². The van der Waals surface area contributed by atoms with Crippen molar-refractivity contribution in [1.29, 1.82) is 0 Å². The molecule has 0 amide bonds. The first kappa shape index (κ1) is 18.3. The van der Waals surface area contributed by atoms with Crippen LogP contribution in [0.4, 0.5) is 0 Å². The Morgan fingerprint density at radius 1 is 1.17 bits per heavy atom. The van der Waals surface area contributed by atoms with Crippen molar-refractivity contribution in [2.75, 3.05) is 6.54 Å². The fraction of sp³-hybridized carbons (Fsp3) is 0.304. The van der Waals surface area contributed by atoms with Gasteiger partial charge in [0.05, 0.1) is 11.9 Å². The molecule has 0 fully saturated rings. The Balaban J connectivity index is 1.51. The molecule has 3 aromatic heterocycles. The van der Waals surface area contributed by atoms with E-state index in [4.69, 9.17) is 4.98 Å². The molecular formula is C23H24N4OS. The maximum Gasteiger partial charge on any atom is 0.260 e. The van der Waals surface area contributed by atoms with Crippen molar-refractivity contribution in [2.24, 2.45) is 0 Å². The Hall–Kier alpha value is -2.70. The predicted molar refractivity (Wildman–Crippen MR) is 118 cm³/mol. The van der Waals surface area contributed by atoms with E-state index in [1.807, 2.05) is 0 Å². The first-order chi connectivity index (χ1) is 14.0. The lowest BCUT2D eigenvalue weighted by Crippen LogP contribution is -2.36. The summed E-state index contributed by atoms with van der Waals surface area (Å²) in [6.07, 6.45) is 2.14. The van der Waals surface area contributed by atoms with Crippen LogP contribution in [0, 0.1) is 13.8 Å². The van der Waals surface area contributed by atoms with Crippen molar-refractivity contribution in [1.82, 2.24) is 19.4 Å². The van der Waals surface area contributed by atoms with E-state index in [1.54, 1.807) is 11.3 Å². The summed E-state index contributed by atoms with van der Waals surface area (Å²) in [7, 11) is 0. The van der Waals surface area contributed by atoms with Crippen LogP contribution in [-0.4, -0.2) is 26.0 Å². The second kappa shape index (κ2) is 6.97. The van der Waals surface area contributed by atoms with E-state index in [0.29, 0.717) is 18.0 Å². The van der Waals surface area contributed by atoms with Crippen LogP contribution in [0.5, 0.6) is 0 Å². The number of aryl methyl sites for hydroxylation is 2. The van der Waals surface area contributed by atoms with Gasteiger partial charge in [0, 0.05) is 41.5 Å². The number of rotatable bonds is 3. The van der Waals surface area contributed by atoms with Gasteiger partial charge in [0.2, 0.25) is 0 Å². The summed E-state index contributed by atoms with van der Waals surface area (Å²) in [6, 6.07) is 12.9. The zero-order chi connectivity index (χ0) is 20.1. The standard InChI is InChI=1S/C23H24N4OS/c1-14-6-8-17(9-7-14)20-16(3)29-23-21(20)22(28)24-19(25-23)13-27-12-11-26-10-4-5-18(26)15(27)2/h4-10,15H,11-13H2,1-3H3,(H,24,25,28)/t15-/m1/s1. The molecule has 1 aliphatic rings. The van der Waals surface area contributed by atoms with Crippen molar-refractivity contribution < 1.29 is 0 Å². The number of benzene rings is 1. The van der Waals surface area contributed by atoms with Crippen LogP contribution in [0.2, 0.25) is 0 Å². The van der Waals surface area contributed by atoms with Gasteiger partial charge in [-0.05, 0) is 38.5 Å². The molecule has 1 atom stereocenters. The van der Waals surface area contributed by atoms with Crippen LogP contribution < -0.4 is 5.56 Å². The molecule has 4 heterocycles. The Labute approximate surface area is 173 Å². The lowest BCUT2D eigenvalue weighted by molar-refractivity contribution is 0.157. The van der Waals surface area contributed by atoms with Crippen LogP contribution in [0.25, 0.3) is 21.3 Å². The van der Waals surface area contributed by atoms with Gasteiger partial charge in [0.25, 0.3) is 5.56 Å². The van der Waals surface area contributed by atoms with Gasteiger partial charge in [-0.2, -0.15) is 0 Å². The summed E-state index contributed by atoms with van der Waals surface area (Å²) >= 11 is 1.61. The third-order valence-electron chi connectivity index (χ3n) is 5.95. The number of fused-ring (bicyclic) bond motifs is 2. The lowest BCUT2D eigenvalue weighted by Gasteiger charge is -2.34. The minimum absolute atomic E-state index is 0.0436. The van der Waals surface area contributed by atoms with Gasteiger partial charge in [-0.15, -0.1) is 11.3 Å². The Bertz CT molecular complexity index is 1250. The van der Waals surface area contributed by atoms with Crippen molar-refractivity contribution in [3.8, 4) is 11.1 Å². The molecule has 0 aliphatic carbocycles. The van der Waals surface area contributed by atoms with Crippen molar-refractivity contribution in [2.45, 2.75) is 39.9 Å². The van der Waals surface area contributed by atoms with Crippen LogP contribution >= 0.6 is 11.3 Å². The molecule has 29 heavy (non-hydrogen) atoms. The Morgan fingerprint density at radius 3 is 2.76 bits per heavy atom. The molecule has 4 aromatic rings. The number of aromatic nitrogens is 3. The highest BCUT2D eigenvalue weighted by Crippen LogP contribution is 2.36. The highest BCUT2D eigenvalue weighted by atomic mass is 32.1. The van der Waals surface area contributed by atoms with Gasteiger partial charge >= 0.3 is 0 Å². The lowest BCUT2D eigenvalue weighted by atomic mass is 10.0. The topological polar surface area (TPSA) is 53.9 Å².